The molecule has 1 atom stereocenters. The number of likely N-dealkylation sites (tertiary alicyclic amines) is 1. The van der Waals surface area contributed by atoms with Crippen molar-refractivity contribution in [1.29, 1.82) is 0 Å². The number of aliphatic carboxylic acids is 1. The van der Waals surface area contributed by atoms with Crippen molar-refractivity contribution in [2.75, 3.05) is 13.1 Å². The smallest absolute Gasteiger partial charge is 0.316 e. The number of carbonyl (C=O) groups is 2. The number of carboxylic acid groups (broad SMARTS) is 1. The van der Waals surface area contributed by atoms with E-state index < -0.39 is 11.9 Å². The number of amides is 1. The molecular weight excluding hydrogens is 170 g/mol. The third-order valence-corrected chi connectivity index (χ3v) is 2.42. The average Bonchev–Trinajstić information content (AvgIpc) is 2.56. The number of hydrogen-bond acceptors (Lipinski definition) is 2. The molecule has 0 saturated carbocycles. The second kappa shape index (κ2) is 4.25. The highest BCUT2D eigenvalue weighted by Gasteiger charge is 2.29. The molecule has 0 spiro atoms. The van der Waals surface area contributed by atoms with Crippen LogP contribution in [0, 0.1) is 5.92 Å². The molecule has 1 unspecified atom stereocenters. The molecule has 1 rings (SSSR count). The molecule has 1 heterocycles. The Bertz CT molecular complexity index is 209. The van der Waals surface area contributed by atoms with Gasteiger partial charge in [-0.3, -0.25) is 9.59 Å². The van der Waals surface area contributed by atoms with Crippen LogP contribution >= 0.6 is 0 Å². The molecule has 1 saturated heterocycles. The Kier molecular flexibility index (Phi) is 3.28. The second-order valence-corrected chi connectivity index (χ2v) is 3.33. The van der Waals surface area contributed by atoms with E-state index in [0.29, 0.717) is 6.42 Å². The third-order valence-electron chi connectivity index (χ3n) is 2.42. The molecule has 1 aliphatic heterocycles. The second-order valence-electron chi connectivity index (χ2n) is 3.33. The van der Waals surface area contributed by atoms with Gasteiger partial charge in [0.05, 0.1) is 0 Å². The van der Waals surface area contributed by atoms with Gasteiger partial charge >= 0.3 is 5.97 Å². The molecule has 1 fully saturated rings. The van der Waals surface area contributed by atoms with Crippen LogP contribution in [0.3, 0.4) is 0 Å². The minimum atomic E-state index is -1.00. The molecule has 1 N–H and O–H groups in total. The van der Waals surface area contributed by atoms with Crippen LogP contribution in [0.2, 0.25) is 0 Å². The van der Waals surface area contributed by atoms with Crippen LogP contribution in [0.25, 0.3) is 0 Å². The number of hydrogen-bond donors (Lipinski definition) is 1. The van der Waals surface area contributed by atoms with Crippen LogP contribution in [0.15, 0.2) is 0 Å². The first-order valence-corrected chi connectivity index (χ1v) is 4.68. The summed E-state index contributed by atoms with van der Waals surface area (Å²) in [7, 11) is 0. The fraction of sp³-hybridized carbons (Fsp3) is 0.778. The van der Waals surface area contributed by atoms with Gasteiger partial charge in [0.15, 0.2) is 0 Å². The SMILES string of the molecule is CCC(C(=O)O)C(=O)N1CCCC1. The molecule has 4 nitrogen and oxygen atoms in total. The number of carboxylic acids is 1. The van der Waals surface area contributed by atoms with E-state index in [9.17, 15) is 9.59 Å². The standard InChI is InChI=1S/C9H15NO3/c1-2-7(9(12)13)8(11)10-5-3-4-6-10/h7H,2-6H2,1H3,(H,12,13). The summed E-state index contributed by atoms with van der Waals surface area (Å²) in [5.41, 5.74) is 0. The average molecular weight is 185 g/mol. The molecule has 74 valence electrons. The topological polar surface area (TPSA) is 57.6 Å². The zero-order chi connectivity index (χ0) is 9.84. The molecule has 0 aliphatic carbocycles. The van der Waals surface area contributed by atoms with Crippen LogP contribution in [0.4, 0.5) is 0 Å². The summed E-state index contributed by atoms with van der Waals surface area (Å²) in [6.07, 6.45) is 2.38. The Morgan fingerprint density at radius 2 is 1.92 bits per heavy atom. The summed E-state index contributed by atoms with van der Waals surface area (Å²) in [5.74, 6) is -2.05. The third kappa shape index (κ3) is 2.20. The highest BCUT2D eigenvalue weighted by Crippen LogP contribution is 2.14. The molecule has 0 bridgehead atoms. The van der Waals surface area contributed by atoms with E-state index in [1.54, 1.807) is 11.8 Å². The largest absolute Gasteiger partial charge is 0.481 e. The zero-order valence-electron chi connectivity index (χ0n) is 7.82. The van der Waals surface area contributed by atoms with Crippen molar-refractivity contribution < 1.29 is 14.7 Å². The molecule has 0 aromatic heterocycles. The highest BCUT2D eigenvalue weighted by molar-refractivity contribution is 5.96. The molecule has 13 heavy (non-hydrogen) atoms. The maximum atomic E-state index is 11.6. The zero-order valence-corrected chi connectivity index (χ0v) is 7.82. The summed E-state index contributed by atoms with van der Waals surface area (Å²) in [6, 6.07) is 0. The highest BCUT2D eigenvalue weighted by atomic mass is 16.4. The lowest BCUT2D eigenvalue weighted by Gasteiger charge is -2.19. The fourth-order valence-corrected chi connectivity index (χ4v) is 1.61. The van der Waals surface area contributed by atoms with E-state index >= 15 is 0 Å². The van der Waals surface area contributed by atoms with Crippen molar-refractivity contribution in [3.63, 3.8) is 0 Å². The Morgan fingerprint density at radius 3 is 2.31 bits per heavy atom. The van der Waals surface area contributed by atoms with E-state index in [1.807, 2.05) is 0 Å². The lowest BCUT2D eigenvalue weighted by Crippen LogP contribution is -2.37. The Balaban J connectivity index is 2.57. The van der Waals surface area contributed by atoms with Gasteiger partial charge in [0.2, 0.25) is 5.91 Å². The van der Waals surface area contributed by atoms with Gasteiger partial charge in [-0.15, -0.1) is 0 Å². The van der Waals surface area contributed by atoms with E-state index in [2.05, 4.69) is 0 Å². The maximum Gasteiger partial charge on any atom is 0.316 e. The van der Waals surface area contributed by atoms with Gasteiger partial charge in [0, 0.05) is 13.1 Å². The van der Waals surface area contributed by atoms with Crippen LogP contribution in [0.5, 0.6) is 0 Å². The van der Waals surface area contributed by atoms with Gasteiger partial charge in [-0.2, -0.15) is 0 Å². The van der Waals surface area contributed by atoms with Crippen LogP contribution in [-0.2, 0) is 9.59 Å². The predicted molar refractivity (Wildman–Crippen MR) is 47.2 cm³/mol. The molecule has 0 aromatic carbocycles. The number of rotatable bonds is 3. The summed E-state index contributed by atoms with van der Waals surface area (Å²) in [4.78, 5) is 23.9. The van der Waals surface area contributed by atoms with E-state index in [1.165, 1.54) is 0 Å². The summed E-state index contributed by atoms with van der Waals surface area (Å²) in [5, 5.41) is 8.76. The lowest BCUT2D eigenvalue weighted by atomic mass is 10.1. The first-order valence-electron chi connectivity index (χ1n) is 4.68. The molecule has 1 aliphatic rings. The van der Waals surface area contributed by atoms with Crippen LogP contribution in [0.1, 0.15) is 26.2 Å². The van der Waals surface area contributed by atoms with Crippen molar-refractivity contribution in [3.8, 4) is 0 Å². The summed E-state index contributed by atoms with van der Waals surface area (Å²) in [6.45, 7) is 3.18. The van der Waals surface area contributed by atoms with Gasteiger partial charge in [-0.1, -0.05) is 6.92 Å². The monoisotopic (exact) mass is 185 g/mol. The first-order chi connectivity index (χ1) is 6.16. The molecular formula is C9H15NO3. The van der Waals surface area contributed by atoms with Crippen molar-refractivity contribution in [2.45, 2.75) is 26.2 Å². The van der Waals surface area contributed by atoms with E-state index in [-0.39, 0.29) is 5.91 Å². The van der Waals surface area contributed by atoms with Crippen LogP contribution < -0.4 is 0 Å². The van der Waals surface area contributed by atoms with Crippen molar-refractivity contribution in [1.82, 2.24) is 4.90 Å². The van der Waals surface area contributed by atoms with Gasteiger partial charge in [0.1, 0.15) is 5.92 Å². The maximum absolute atomic E-state index is 11.6. The molecule has 0 radical (unpaired) electrons. The molecule has 1 amide bonds. The van der Waals surface area contributed by atoms with E-state index in [0.717, 1.165) is 25.9 Å². The van der Waals surface area contributed by atoms with Crippen LogP contribution in [-0.4, -0.2) is 35.0 Å². The number of nitrogens with zero attached hydrogens (tertiary/aromatic N) is 1. The molecule has 0 aromatic rings. The predicted octanol–water partition coefficient (Wildman–Crippen LogP) is 0.720. The molecule has 4 heteroatoms. The van der Waals surface area contributed by atoms with E-state index in [4.69, 9.17) is 5.11 Å². The van der Waals surface area contributed by atoms with Crippen molar-refractivity contribution in [3.05, 3.63) is 0 Å². The lowest BCUT2D eigenvalue weighted by molar-refractivity contribution is -0.150. The first kappa shape index (κ1) is 10.0. The van der Waals surface area contributed by atoms with Crippen molar-refractivity contribution in [2.24, 2.45) is 5.92 Å². The summed E-state index contributed by atoms with van der Waals surface area (Å²) < 4.78 is 0. The Morgan fingerprint density at radius 1 is 1.38 bits per heavy atom. The number of carbonyl (C=O) groups excluding carboxylic acids is 1. The van der Waals surface area contributed by atoms with Crippen molar-refractivity contribution >= 4 is 11.9 Å². The van der Waals surface area contributed by atoms with Gasteiger partial charge in [0.25, 0.3) is 0 Å². The minimum absolute atomic E-state index is 0.215. The Labute approximate surface area is 77.5 Å². The fourth-order valence-electron chi connectivity index (χ4n) is 1.61. The normalized spacial score (nSPS) is 18.7. The van der Waals surface area contributed by atoms with Gasteiger partial charge < -0.3 is 10.0 Å². The summed E-state index contributed by atoms with van der Waals surface area (Å²) >= 11 is 0. The minimum Gasteiger partial charge on any atom is -0.481 e. The Hall–Kier alpha value is -1.06. The quantitative estimate of drug-likeness (QED) is 0.659. The van der Waals surface area contributed by atoms with Gasteiger partial charge in [-0.05, 0) is 19.3 Å². The van der Waals surface area contributed by atoms with Gasteiger partial charge in [-0.25, -0.2) is 0 Å².